The molecule has 2 aromatic carbocycles. The Morgan fingerprint density at radius 2 is 1.88 bits per heavy atom. The number of likely N-dealkylation sites (tertiary alicyclic amines) is 1. The van der Waals surface area contributed by atoms with Crippen molar-refractivity contribution in [3.63, 3.8) is 0 Å². The largest absolute Gasteiger partial charge is 0.488 e. The third kappa shape index (κ3) is 3.74. The molecule has 2 aliphatic heterocycles. The van der Waals surface area contributed by atoms with Crippen molar-refractivity contribution in [3.8, 4) is 5.75 Å². The molecule has 2 heterocycles. The maximum absolute atomic E-state index is 12.3. The van der Waals surface area contributed by atoms with Crippen LogP contribution in [0.4, 0.5) is 0 Å². The highest BCUT2D eigenvalue weighted by atomic mass is 16.5. The van der Waals surface area contributed by atoms with Gasteiger partial charge in [-0.3, -0.25) is 9.69 Å². The van der Waals surface area contributed by atoms with E-state index in [1.807, 2.05) is 36.4 Å². The van der Waals surface area contributed by atoms with Gasteiger partial charge in [0.1, 0.15) is 11.9 Å². The van der Waals surface area contributed by atoms with E-state index in [0.29, 0.717) is 13.1 Å². The zero-order chi connectivity index (χ0) is 17.9. The van der Waals surface area contributed by atoms with E-state index in [4.69, 9.17) is 10.5 Å². The Bertz CT molecular complexity index is 740. The van der Waals surface area contributed by atoms with Crippen LogP contribution in [-0.2, 0) is 11.2 Å². The minimum atomic E-state index is 0.0225. The third-order valence-corrected chi connectivity index (χ3v) is 5.28. The maximum Gasteiger partial charge on any atom is 0.234 e. The van der Waals surface area contributed by atoms with Crippen molar-refractivity contribution >= 4 is 5.91 Å². The summed E-state index contributed by atoms with van der Waals surface area (Å²) in [5.74, 6) is 1.25. The molecular weight excluding hydrogens is 326 g/mol. The first-order valence-electron chi connectivity index (χ1n) is 9.23. The molecule has 0 aromatic heterocycles. The zero-order valence-electron chi connectivity index (χ0n) is 14.8. The third-order valence-electron chi connectivity index (χ3n) is 5.28. The van der Waals surface area contributed by atoms with Crippen LogP contribution in [0.5, 0.6) is 5.75 Å². The van der Waals surface area contributed by atoms with Gasteiger partial charge in [0, 0.05) is 31.5 Å². The Morgan fingerprint density at radius 3 is 2.69 bits per heavy atom. The Hall–Kier alpha value is -2.37. The standard InChI is InChI=1S/C21H25N3O2/c22-19-13-24(12-18(19)15-6-2-1-3-7-15)14-21(25)23-11-17-10-16-8-4-5-9-20(16)26-17/h1-9,17-19H,10-14,22H2,(H,23,25)/t17?,18-,19+/m0/s1. The topological polar surface area (TPSA) is 67.6 Å². The fraction of sp³-hybridized carbons (Fsp3) is 0.381. The SMILES string of the molecule is N[C@@H]1CN(CC(=O)NCC2Cc3ccccc3O2)C[C@H]1c1ccccc1. The van der Waals surface area contributed by atoms with Gasteiger partial charge in [-0.1, -0.05) is 48.5 Å². The summed E-state index contributed by atoms with van der Waals surface area (Å²) in [4.78, 5) is 14.5. The monoisotopic (exact) mass is 351 g/mol. The van der Waals surface area contributed by atoms with Gasteiger partial charge in [-0.05, 0) is 17.2 Å². The van der Waals surface area contributed by atoms with Crippen molar-refractivity contribution in [1.29, 1.82) is 0 Å². The lowest BCUT2D eigenvalue weighted by Crippen LogP contribution is -2.41. The molecule has 1 saturated heterocycles. The number of ether oxygens (including phenoxy) is 1. The Kier molecular flexibility index (Phi) is 4.91. The number of nitrogens with zero attached hydrogens (tertiary/aromatic N) is 1. The molecule has 26 heavy (non-hydrogen) atoms. The van der Waals surface area contributed by atoms with Crippen LogP contribution in [0.15, 0.2) is 54.6 Å². The molecule has 2 aromatic rings. The number of carbonyl (C=O) groups excluding carboxylic acids is 1. The molecule has 3 atom stereocenters. The number of benzene rings is 2. The highest BCUT2D eigenvalue weighted by Gasteiger charge is 2.32. The summed E-state index contributed by atoms with van der Waals surface area (Å²) in [6.45, 7) is 2.49. The number of nitrogens with two attached hydrogens (primary N) is 1. The first kappa shape index (κ1) is 17.1. The van der Waals surface area contributed by atoms with E-state index in [1.54, 1.807) is 0 Å². The number of rotatable bonds is 5. The first-order valence-corrected chi connectivity index (χ1v) is 9.23. The van der Waals surface area contributed by atoms with Gasteiger partial charge in [0.15, 0.2) is 0 Å². The average Bonchev–Trinajstić information content (AvgIpc) is 3.23. The van der Waals surface area contributed by atoms with Crippen molar-refractivity contribution in [3.05, 3.63) is 65.7 Å². The van der Waals surface area contributed by atoms with Crippen LogP contribution in [0.25, 0.3) is 0 Å². The van der Waals surface area contributed by atoms with Crippen LogP contribution in [0.1, 0.15) is 17.0 Å². The number of nitrogens with one attached hydrogen (secondary N) is 1. The summed E-state index contributed by atoms with van der Waals surface area (Å²) in [5, 5.41) is 3.01. The minimum Gasteiger partial charge on any atom is -0.488 e. The van der Waals surface area contributed by atoms with Gasteiger partial charge >= 0.3 is 0 Å². The van der Waals surface area contributed by atoms with Gasteiger partial charge in [-0.15, -0.1) is 0 Å². The minimum absolute atomic E-state index is 0.0225. The molecule has 0 aliphatic carbocycles. The van der Waals surface area contributed by atoms with Crippen molar-refractivity contribution in [2.45, 2.75) is 24.5 Å². The van der Waals surface area contributed by atoms with Gasteiger partial charge in [-0.2, -0.15) is 0 Å². The lowest BCUT2D eigenvalue weighted by atomic mass is 9.95. The van der Waals surface area contributed by atoms with E-state index in [9.17, 15) is 4.79 Å². The molecule has 1 fully saturated rings. The van der Waals surface area contributed by atoms with E-state index in [-0.39, 0.29) is 24.0 Å². The summed E-state index contributed by atoms with van der Waals surface area (Å²) >= 11 is 0. The second-order valence-electron chi connectivity index (χ2n) is 7.23. The molecule has 0 saturated carbocycles. The summed E-state index contributed by atoms with van der Waals surface area (Å²) in [6, 6.07) is 18.4. The average molecular weight is 351 g/mol. The summed E-state index contributed by atoms with van der Waals surface area (Å²) < 4.78 is 5.87. The number of amides is 1. The Balaban J connectivity index is 1.24. The Labute approximate surface area is 154 Å². The highest BCUT2D eigenvalue weighted by molar-refractivity contribution is 5.78. The van der Waals surface area contributed by atoms with E-state index < -0.39 is 0 Å². The van der Waals surface area contributed by atoms with Crippen molar-refractivity contribution in [1.82, 2.24) is 10.2 Å². The van der Waals surface area contributed by atoms with Crippen molar-refractivity contribution in [2.24, 2.45) is 5.73 Å². The molecule has 0 radical (unpaired) electrons. The maximum atomic E-state index is 12.3. The molecule has 5 nitrogen and oxygen atoms in total. The van der Waals surface area contributed by atoms with Gasteiger partial charge in [-0.25, -0.2) is 0 Å². The number of carbonyl (C=O) groups is 1. The van der Waals surface area contributed by atoms with E-state index in [1.165, 1.54) is 11.1 Å². The second kappa shape index (κ2) is 7.48. The summed E-state index contributed by atoms with van der Waals surface area (Å²) in [5.41, 5.74) is 8.77. The van der Waals surface area contributed by atoms with E-state index >= 15 is 0 Å². The fourth-order valence-corrected chi connectivity index (χ4v) is 3.95. The molecule has 1 unspecified atom stereocenters. The van der Waals surface area contributed by atoms with Crippen molar-refractivity contribution < 1.29 is 9.53 Å². The van der Waals surface area contributed by atoms with Crippen LogP contribution in [0.2, 0.25) is 0 Å². The number of para-hydroxylation sites is 1. The van der Waals surface area contributed by atoms with E-state index in [0.717, 1.165) is 25.3 Å². The van der Waals surface area contributed by atoms with Crippen molar-refractivity contribution in [2.75, 3.05) is 26.2 Å². The highest BCUT2D eigenvalue weighted by Crippen LogP contribution is 2.28. The first-order chi connectivity index (χ1) is 12.7. The van der Waals surface area contributed by atoms with Crippen LogP contribution in [0, 0.1) is 0 Å². The lowest BCUT2D eigenvalue weighted by Gasteiger charge is -2.17. The molecule has 0 spiro atoms. The lowest BCUT2D eigenvalue weighted by molar-refractivity contribution is -0.122. The summed E-state index contributed by atoms with van der Waals surface area (Å²) in [7, 11) is 0. The molecule has 136 valence electrons. The van der Waals surface area contributed by atoms with Gasteiger partial charge < -0.3 is 15.8 Å². The predicted molar refractivity (Wildman–Crippen MR) is 101 cm³/mol. The van der Waals surface area contributed by atoms with Gasteiger partial charge in [0.05, 0.1) is 13.1 Å². The number of fused-ring (bicyclic) bond motifs is 1. The molecule has 1 amide bonds. The molecule has 5 heteroatoms. The molecule has 2 aliphatic rings. The normalized spacial score (nSPS) is 24.9. The predicted octanol–water partition coefficient (Wildman–Crippen LogP) is 1.53. The molecule has 3 N–H and O–H groups in total. The summed E-state index contributed by atoms with van der Waals surface area (Å²) in [6.07, 6.45) is 0.871. The smallest absolute Gasteiger partial charge is 0.234 e. The van der Waals surface area contributed by atoms with Crippen LogP contribution in [-0.4, -0.2) is 49.1 Å². The fourth-order valence-electron chi connectivity index (χ4n) is 3.95. The van der Waals surface area contributed by atoms with Crippen LogP contribution < -0.4 is 15.8 Å². The second-order valence-corrected chi connectivity index (χ2v) is 7.23. The van der Waals surface area contributed by atoms with Crippen LogP contribution in [0.3, 0.4) is 0 Å². The van der Waals surface area contributed by atoms with Gasteiger partial charge in [0.25, 0.3) is 0 Å². The van der Waals surface area contributed by atoms with Crippen LogP contribution >= 0.6 is 0 Å². The molecular formula is C21H25N3O2. The Morgan fingerprint density at radius 1 is 1.12 bits per heavy atom. The molecule has 4 rings (SSSR count). The quantitative estimate of drug-likeness (QED) is 0.857. The number of hydrogen-bond donors (Lipinski definition) is 2. The number of hydrogen-bond acceptors (Lipinski definition) is 4. The van der Waals surface area contributed by atoms with E-state index in [2.05, 4.69) is 28.4 Å². The molecule has 0 bridgehead atoms. The zero-order valence-corrected chi connectivity index (χ0v) is 14.8. The van der Waals surface area contributed by atoms with Gasteiger partial charge in [0.2, 0.25) is 5.91 Å².